The van der Waals surface area contributed by atoms with Gasteiger partial charge in [0.25, 0.3) is 0 Å². The number of nitrogens with zero attached hydrogens (tertiary/aromatic N) is 1. The number of nitrogens with one attached hydrogen (secondary N) is 1. The molecule has 5 nitrogen and oxygen atoms in total. The Hall–Kier alpha value is -2.01. The first-order valence-electron chi connectivity index (χ1n) is 6.72. The third-order valence-corrected chi connectivity index (χ3v) is 4.02. The summed E-state index contributed by atoms with van der Waals surface area (Å²) < 4.78 is 10.7. The van der Waals surface area contributed by atoms with E-state index in [0.29, 0.717) is 5.92 Å². The molecule has 1 aliphatic rings. The molecule has 2 aromatic rings. The van der Waals surface area contributed by atoms with Crippen molar-refractivity contribution in [3.05, 3.63) is 41.2 Å². The number of nitrogens with two attached hydrogens (primary N) is 1. The van der Waals surface area contributed by atoms with Crippen LogP contribution in [0.1, 0.15) is 35.2 Å². The molecule has 5 heteroatoms. The van der Waals surface area contributed by atoms with Crippen LogP contribution in [0.2, 0.25) is 0 Å². The van der Waals surface area contributed by atoms with Crippen LogP contribution >= 0.6 is 0 Å². The van der Waals surface area contributed by atoms with E-state index in [2.05, 4.69) is 16.3 Å². The Bertz CT molecular complexity index is 609. The SMILES string of the molecule is COc1ccc(C2Cc3[nH]ncc3C(N)C2)c(OC)c1. The Morgan fingerprint density at radius 3 is 2.85 bits per heavy atom. The fourth-order valence-electron chi connectivity index (χ4n) is 2.96. The first kappa shape index (κ1) is 13.0. The van der Waals surface area contributed by atoms with Gasteiger partial charge in [-0.25, -0.2) is 0 Å². The molecule has 20 heavy (non-hydrogen) atoms. The van der Waals surface area contributed by atoms with Gasteiger partial charge in [-0.2, -0.15) is 5.10 Å². The number of aromatic nitrogens is 2. The summed E-state index contributed by atoms with van der Waals surface area (Å²) >= 11 is 0. The van der Waals surface area contributed by atoms with Crippen molar-refractivity contribution in [1.82, 2.24) is 10.2 Å². The van der Waals surface area contributed by atoms with Crippen LogP contribution < -0.4 is 15.2 Å². The fourth-order valence-corrected chi connectivity index (χ4v) is 2.96. The van der Waals surface area contributed by atoms with E-state index in [9.17, 15) is 0 Å². The second-order valence-electron chi connectivity index (χ2n) is 5.16. The van der Waals surface area contributed by atoms with Crippen molar-refractivity contribution in [2.24, 2.45) is 5.73 Å². The lowest BCUT2D eigenvalue weighted by Gasteiger charge is -2.28. The fraction of sp³-hybridized carbons (Fsp3) is 0.400. The van der Waals surface area contributed by atoms with Gasteiger partial charge in [0.2, 0.25) is 0 Å². The first-order chi connectivity index (χ1) is 9.72. The summed E-state index contributed by atoms with van der Waals surface area (Å²) in [7, 11) is 3.34. The number of rotatable bonds is 3. The summed E-state index contributed by atoms with van der Waals surface area (Å²) in [6.45, 7) is 0. The monoisotopic (exact) mass is 273 g/mol. The number of ether oxygens (including phenoxy) is 2. The Morgan fingerprint density at radius 1 is 1.25 bits per heavy atom. The summed E-state index contributed by atoms with van der Waals surface area (Å²) in [6, 6.07) is 5.97. The van der Waals surface area contributed by atoms with E-state index in [4.69, 9.17) is 15.2 Å². The van der Waals surface area contributed by atoms with Gasteiger partial charge < -0.3 is 15.2 Å². The second kappa shape index (κ2) is 5.17. The van der Waals surface area contributed by atoms with Gasteiger partial charge in [0.05, 0.1) is 20.4 Å². The third kappa shape index (κ3) is 2.14. The van der Waals surface area contributed by atoms with E-state index in [1.165, 1.54) is 5.56 Å². The average molecular weight is 273 g/mol. The summed E-state index contributed by atoms with van der Waals surface area (Å²) in [5.41, 5.74) is 9.68. The molecule has 1 aromatic heterocycles. The summed E-state index contributed by atoms with van der Waals surface area (Å²) in [6.07, 6.45) is 3.64. The molecule has 0 radical (unpaired) electrons. The van der Waals surface area contributed by atoms with Gasteiger partial charge in [0, 0.05) is 23.4 Å². The minimum Gasteiger partial charge on any atom is -0.497 e. The smallest absolute Gasteiger partial charge is 0.126 e. The van der Waals surface area contributed by atoms with E-state index in [1.54, 1.807) is 14.2 Å². The molecular formula is C15H19N3O2. The summed E-state index contributed by atoms with van der Waals surface area (Å²) in [4.78, 5) is 0. The van der Waals surface area contributed by atoms with Gasteiger partial charge in [-0.15, -0.1) is 0 Å². The van der Waals surface area contributed by atoms with E-state index in [0.717, 1.165) is 35.6 Å². The van der Waals surface area contributed by atoms with Crippen LogP contribution in [0.15, 0.2) is 24.4 Å². The predicted octanol–water partition coefficient (Wildman–Crippen LogP) is 2.16. The Labute approximate surface area is 118 Å². The molecular weight excluding hydrogens is 254 g/mol. The van der Waals surface area contributed by atoms with Crippen molar-refractivity contribution in [1.29, 1.82) is 0 Å². The van der Waals surface area contributed by atoms with E-state index in [1.807, 2.05) is 18.3 Å². The minimum atomic E-state index is 0.0225. The van der Waals surface area contributed by atoms with Gasteiger partial charge in [-0.3, -0.25) is 5.10 Å². The molecule has 2 atom stereocenters. The third-order valence-electron chi connectivity index (χ3n) is 4.02. The predicted molar refractivity (Wildman–Crippen MR) is 76.1 cm³/mol. The van der Waals surface area contributed by atoms with E-state index >= 15 is 0 Å². The van der Waals surface area contributed by atoms with Gasteiger partial charge in [0.15, 0.2) is 0 Å². The largest absolute Gasteiger partial charge is 0.497 e. The summed E-state index contributed by atoms with van der Waals surface area (Å²) in [5.74, 6) is 1.98. The quantitative estimate of drug-likeness (QED) is 0.898. The lowest BCUT2D eigenvalue weighted by atomic mass is 9.80. The zero-order chi connectivity index (χ0) is 14.1. The number of hydrogen-bond acceptors (Lipinski definition) is 4. The highest BCUT2D eigenvalue weighted by Gasteiger charge is 2.28. The maximum Gasteiger partial charge on any atom is 0.126 e. The highest BCUT2D eigenvalue weighted by molar-refractivity contribution is 5.44. The normalized spacial score (nSPS) is 21.4. The molecule has 1 heterocycles. The van der Waals surface area contributed by atoms with Crippen molar-refractivity contribution in [3.63, 3.8) is 0 Å². The average Bonchev–Trinajstić information content (AvgIpc) is 2.95. The number of hydrogen-bond donors (Lipinski definition) is 2. The van der Waals surface area contributed by atoms with E-state index in [-0.39, 0.29) is 6.04 Å². The Morgan fingerprint density at radius 2 is 2.10 bits per heavy atom. The maximum atomic E-state index is 6.24. The lowest BCUT2D eigenvalue weighted by Crippen LogP contribution is -2.22. The molecule has 3 N–H and O–H groups in total. The van der Waals surface area contributed by atoms with Crippen molar-refractivity contribution in [2.45, 2.75) is 24.8 Å². The molecule has 0 saturated carbocycles. The highest BCUT2D eigenvalue weighted by atomic mass is 16.5. The van der Waals surface area contributed by atoms with Crippen LogP contribution in [0.3, 0.4) is 0 Å². The van der Waals surface area contributed by atoms with Gasteiger partial charge in [-0.05, 0) is 30.4 Å². The number of H-pyrrole nitrogens is 1. The minimum absolute atomic E-state index is 0.0225. The van der Waals surface area contributed by atoms with Crippen molar-refractivity contribution >= 4 is 0 Å². The Kier molecular flexibility index (Phi) is 3.36. The van der Waals surface area contributed by atoms with Gasteiger partial charge in [-0.1, -0.05) is 6.07 Å². The van der Waals surface area contributed by atoms with Crippen molar-refractivity contribution in [2.75, 3.05) is 14.2 Å². The number of fused-ring (bicyclic) bond motifs is 1. The molecule has 0 aliphatic heterocycles. The van der Waals surface area contributed by atoms with Crippen LogP contribution in [-0.2, 0) is 6.42 Å². The zero-order valence-electron chi connectivity index (χ0n) is 11.7. The molecule has 0 fully saturated rings. The van der Waals surface area contributed by atoms with Crippen LogP contribution in [0.25, 0.3) is 0 Å². The molecule has 106 valence electrons. The van der Waals surface area contributed by atoms with Crippen LogP contribution in [-0.4, -0.2) is 24.4 Å². The molecule has 0 saturated heterocycles. The molecule has 0 bridgehead atoms. The standard InChI is InChI=1S/C15H19N3O2/c1-19-10-3-4-11(15(7-10)20-2)9-5-13(16)12-8-17-18-14(12)6-9/h3-4,7-9,13H,5-6,16H2,1-2H3,(H,17,18). The molecule has 0 spiro atoms. The number of methoxy groups -OCH3 is 2. The zero-order valence-corrected chi connectivity index (χ0v) is 11.7. The first-order valence-corrected chi connectivity index (χ1v) is 6.72. The van der Waals surface area contributed by atoms with E-state index < -0.39 is 0 Å². The van der Waals surface area contributed by atoms with Crippen LogP contribution in [0.4, 0.5) is 0 Å². The maximum absolute atomic E-state index is 6.24. The molecule has 1 aromatic carbocycles. The summed E-state index contributed by atoms with van der Waals surface area (Å²) in [5, 5.41) is 7.15. The van der Waals surface area contributed by atoms with Gasteiger partial charge in [0.1, 0.15) is 11.5 Å². The highest BCUT2D eigenvalue weighted by Crippen LogP contribution is 2.40. The molecule has 2 unspecified atom stereocenters. The topological polar surface area (TPSA) is 73.2 Å². The van der Waals surface area contributed by atoms with Gasteiger partial charge >= 0.3 is 0 Å². The number of aromatic amines is 1. The lowest BCUT2D eigenvalue weighted by molar-refractivity contribution is 0.383. The molecule has 0 amide bonds. The number of benzene rings is 1. The van der Waals surface area contributed by atoms with Crippen LogP contribution in [0.5, 0.6) is 11.5 Å². The molecule has 1 aliphatic carbocycles. The Balaban J connectivity index is 1.94. The second-order valence-corrected chi connectivity index (χ2v) is 5.16. The molecule has 3 rings (SSSR count). The van der Waals surface area contributed by atoms with Crippen molar-refractivity contribution in [3.8, 4) is 11.5 Å². The van der Waals surface area contributed by atoms with Crippen LogP contribution in [0, 0.1) is 0 Å². The van der Waals surface area contributed by atoms with Crippen molar-refractivity contribution < 1.29 is 9.47 Å².